The summed E-state index contributed by atoms with van der Waals surface area (Å²) in [4.78, 5) is 0.225. The molecule has 0 aliphatic rings. The third kappa shape index (κ3) is 2.30. The minimum atomic E-state index is -3.18. The molecule has 0 radical (unpaired) electrons. The fraction of sp³-hybridized carbons (Fsp3) is 0.333. The largest absolute Gasteiger partial charge is 0.275 e. The van der Waals surface area contributed by atoms with Crippen molar-refractivity contribution in [2.24, 2.45) is 7.05 Å². The molecule has 0 aliphatic heterocycles. The lowest BCUT2D eigenvalue weighted by molar-refractivity contribution is 0.601. The van der Waals surface area contributed by atoms with Crippen molar-refractivity contribution in [2.75, 3.05) is 6.26 Å². The Morgan fingerprint density at radius 1 is 1.44 bits per heavy atom. The van der Waals surface area contributed by atoms with Gasteiger partial charge in [0.05, 0.1) is 18.4 Å². The second-order valence-corrected chi connectivity index (χ2v) is 5.64. The van der Waals surface area contributed by atoms with Crippen molar-refractivity contribution in [3.8, 4) is 0 Å². The van der Waals surface area contributed by atoms with Gasteiger partial charge in [-0.3, -0.25) is 9.36 Å². The topological polar surface area (TPSA) is 69.8 Å². The highest BCUT2D eigenvalue weighted by atomic mass is 32.2. The molecule has 0 atom stereocenters. The Hall–Kier alpha value is -1.63. The first kappa shape index (κ1) is 10.9. The zero-order valence-electron chi connectivity index (χ0n) is 9.03. The molecule has 16 heavy (non-hydrogen) atoms. The molecule has 86 valence electrons. The maximum atomic E-state index is 11.2. The van der Waals surface area contributed by atoms with Crippen LogP contribution in [0.4, 0.5) is 0 Å². The molecule has 7 heteroatoms. The van der Waals surface area contributed by atoms with Crippen LogP contribution in [0, 0.1) is 0 Å². The monoisotopic (exact) mass is 240 g/mol. The molecule has 2 heterocycles. The van der Waals surface area contributed by atoms with Crippen molar-refractivity contribution in [1.29, 1.82) is 0 Å². The number of aryl methyl sites for hydroxylation is 1. The second-order valence-electron chi connectivity index (χ2n) is 3.63. The number of aromatic nitrogens is 4. The molecule has 0 bridgehead atoms. The van der Waals surface area contributed by atoms with Crippen LogP contribution in [0.2, 0.25) is 0 Å². The molecule has 0 aliphatic carbocycles. The van der Waals surface area contributed by atoms with E-state index < -0.39 is 9.84 Å². The molecule has 0 aromatic carbocycles. The lowest BCUT2D eigenvalue weighted by atomic mass is 10.4. The molecular formula is C9H12N4O2S. The predicted octanol–water partition coefficient (Wildman–Crippen LogP) is 0.0684. The number of sulfone groups is 1. The molecule has 2 aromatic heterocycles. The molecule has 6 nitrogen and oxygen atoms in total. The highest BCUT2D eigenvalue weighted by Crippen LogP contribution is 2.07. The van der Waals surface area contributed by atoms with Crippen molar-refractivity contribution in [3.63, 3.8) is 0 Å². The van der Waals surface area contributed by atoms with E-state index in [2.05, 4.69) is 10.2 Å². The van der Waals surface area contributed by atoms with Crippen molar-refractivity contribution in [2.45, 2.75) is 11.4 Å². The van der Waals surface area contributed by atoms with Crippen molar-refractivity contribution < 1.29 is 8.42 Å². The number of hydrogen-bond donors (Lipinski definition) is 0. The fourth-order valence-electron chi connectivity index (χ4n) is 1.34. The van der Waals surface area contributed by atoms with Crippen LogP contribution in [0.15, 0.2) is 29.6 Å². The van der Waals surface area contributed by atoms with Gasteiger partial charge >= 0.3 is 0 Å². The summed E-state index contributed by atoms with van der Waals surface area (Å²) >= 11 is 0. The molecule has 0 amide bonds. The van der Waals surface area contributed by atoms with Gasteiger partial charge in [0.25, 0.3) is 0 Å². The van der Waals surface area contributed by atoms with E-state index in [0.717, 1.165) is 11.9 Å². The maximum absolute atomic E-state index is 11.2. The van der Waals surface area contributed by atoms with Gasteiger partial charge in [0.15, 0.2) is 9.84 Å². The first-order valence-electron chi connectivity index (χ1n) is 4.66. The van der Waals surface area contributed by atoms with Crippen LogP contribution in [0.5, 0.6) is 0 Å². The summed E-state index contributed by atoms with van der Waals surface area (Å²) < 4.78 is 25.7. The van der Waals surface area contributed by atoms with Crippen LogP contribution in [0.25, 0.3) is 0 Å². The molecule has 0 saturated carbocycles. The van der Waals surface area contributed by atoms with Crippen molar-refractivity contribution >= 4 is 9.84 Å². The van der Waals surface area contributed by atoms with Crippen molar-refractivity contribution in [3.05, 3.63) is 30.4 Å². The maximum Gasteiger partial charge on any atom is 0.178 e. The summed E-state index contributed by atoms with van der Waals surface area (Å²) in [6, 6.07) is 1.86. The van der Waals surface area contributed by atoms with Crippen molar-refractivity contribution in [1.82, 2.24) is 19.6 Å². The fourth-order valence-corrected chi connectivity index (χ4v) is 1.89. The summed E-state index contributed by atoms with van der Waals surface area (Å²) in [7, 11) is -1.35. The summed E-state index contributed by atoms with van der Waals surface area (Å²) in [5.74, 6) is 0. The Kier molecular flexibility index (Phi) is 2.55. The predicted molar refractivity (Wildman–Crippen MR) is 57.6 cm³/mol. The molecule has 0 N–H and O–H groups in total. The van der Waals surface area contributed by atoms with E-state index in [1.165, 1.54) is 12.4 Å². The Morgan fingerprint density at radius 2 is 2.19 bits per heavy atom. The Morgan fingerprint density at radius 3 is 2.69 bits per heavy atom. The van der Waals surface area contributed by atoms with Crippen LogP contribution >= 0.6 is 0 Å². The SMILES string of the molecule is Cn1ccc(Cn2cc(S(C)(=O)=O)cn2)n1. The lowest BCUT2D eigenvalue weighted by Gasteiger charge is -1.96. The van der Waals surface area contributed by atoms with Crippen LogP contribution < -0.4 is 0 Å². The lowest BCUT2D eigenvalue weighted by Crippen LogP contribution is -2.02. The van der Waals surface area contributed by atoms with E-state index in [1.807, 2.05) is 19.3 Å². The van der Waals surface area contributed by atoms with Crippen LogP contribution in [-0.2, 0) is 23.4 Å². The Balaban J connectivity index is 2.21. The van der Waals surface area contributed by atoms with Gasteiger partial charge in [-0.1, -0.05) is 0 Å². The summed E-state index contributed by atoms with van der Waals surface area (Å²) in [5.41, 5.74) is 0.839. The first-order valence-corrected chi connectivity index (χ1v) is 6.55. The Bertz CT molecular complexity index is 597. The van der Waals surface area contributed by atoms with E-state index in [4.69, 9.17) is 0 Å². The highest BCUT2D eigenvalue weighted by molar-refractivity contribution is 7.90. The van der Waals surface area contributed by atoms with Crippen LogP contribution in [0.3, 0.4) is 0 Å². The molecule has 0 unspecified atom stereocenters. The molecular weight excluding hydrogens is 228 g/mol. The quantitative estimate of drug-likeness (QED) is 0.761. The normalized spacial score (nSPS) is 11.9. The number of rotatable bonds is 3. The van der Waals surface area contributed by atoms with E-state index in [9.17, 15) is 8.42 Å². The van der Waals surface area contributed by atoms with E-state index in [-0.39, 0.29) is 4.90 Å². The van der Waals surface area contributed by atoms with Crippen LogP contribution in [0.1, 0.15) is 5.69 Å². The summed E-state index contributed by atoms with van der Waals surface area (Å²) in [5, 5.41) is 8.16. The van der Waals surface area contributed by atoms with Crippen LogP contribution in [-0.4, -0.2) is 34.2 Å². The van der Waals surface area contributed by atoms with Gasteiger partial charge < -0.3 is 0 Å². The zero-order chi connectivity index (χ0) is 11.8. The smallest absolute Gasteiger partial charge is 0.178 e. The van der Waals surface area contributed by atoms with Gasteiger partial charge in [-0.2, -0.15) is 10.2 Å². The van der Waals surface area contributed by atoms with Gasteiger partial charge in [0, 0.05) is 25.7 Å². The molecule has 0 saturated heterocycles. The molecule has 0 spiro atoms. The zero-order valence-corrected chi connectivity index (χ0v) is 9.85. The average Bonchev–Trinajstić information content (AvgIpc) is 2.74. The first-order chi connectivity index (χ1) is 7.45. The summed E-state index contributed by atoms with van der Waals surface area (Å²) in [6.45, 7) is 0.469. The second kappa shape index (κ2) is 3.75. The van der Waals surface area contributed by atoms with Gasteiger partial charge in [-0.25, -0.2) is 8.42 Å². The third-order valence-corrected chi connectivity index (χ3v) is 3.20. The highest BCUT2D eigenvalue weighted by Gasteiger charge is 2.10. The minimum absolute atomic E-state index is 0.225. The molecule has 2 aromatic rings. The minimum Gasteiger partial charge on any atom is -0.275 e. The van der Waals surface area contributed by atoms with Gasteiger partial charge in [0.2, 0.25) is 0 Å². The average molecular weight is 240 g/mol. The van der Waals surface area contributed by atoms with Gasteiger partial charge in [-0.05, 0) is 6.07 Å². The third-order valence-electron chi connectivity index (χ3n) is 2.13. The van der Waals surface area contributed by atoms with Gasteiger partial charge in [-0.15, -0.1) is 0 Å². The van der Waals surface area contributed by atoms with Gasteiger partial charge in [0.1, 0.15) is 4.90 Å². The molecule has 0 fully saturated rings. The molecule has 2 rings (SSSR count). The number of hydrogen-bond acceptors (Lipinski definition) is 4. The Labute approximate surface area is 93.4 Å². The standard InChI is InChI=1S/C9H12N4O2S/c1-12-4-3-8(11-12)6-13-7-9(5-10-13)16(2,14)15/h3-5,7H,6H2,1-2H3. The van der Waals surface area contributed by atoms with E-state index in [0.29, 0.717) is 6.54 Å². The number of nitrogens with zero attached hydrogens (tertiary/aromatic N) is 4. The van der Waals surface area contributed by atoms with E-state index >= 15 is 0 Å². The van der Waals surface area contributed by atoms with E-state index in [1.54, 1.807) is 9.36 Å². The summed E-state index contributed by atoms with van der Waals surface area (Å²) in [6.07, 6.45) is 5.84.